The van der Waals surface area contributed by atoms with E-state index in [4.69, 9.17) is 0 Å². The first-order chi connectivity index (χ1) is 7.09. The fourth-order valence-electron chi connectivity index (χ4n) is 2.34. The second kappa shape index (κ2) is 4.09. The zero-order valence-corrected chi connectivity index (χ0v) is 10.7. The highest BCUT2D eigenvalue weighted by atomic mass is 79.9. The second-order valence-corrected chi connectivity index (χ2v) is 5.52. The number of hydrogen-bond donors (Lipinski definition) is 0. The lowest BCUT2D eigenvalue weighted by molar-refractivity contribution is 0.0921. The van der Waals surface area contributed by atoms with E-state index in [1.165, 1.54) is 5.56 Å². The average Bonchev–Trinajstić information content (AvgIpc) is 2.44. The van der Waals surface area contributed by atoms with E-state index in [1.807, 2.05) is 12.1 Å². The highest BCUT2D eigenvalue weighted by molar-refractivity contribution is 9.10. The quantitative estimate of drug-likeness (QED) is 0.795. The second-order valence-electron chi connectivity index (χ2n) is 4.67. The van der Waals surface area contributed by atoms with Crippen LogP contribution in [0.15, 0.2) is 22.7 Å². The minimum absolute atomic E-state index is 0.207. The number of benzene rings is 1. The number of fused-ring (bicyclic) bond motifs is 1. The molecule has 1 nitrogen and oxygen atoms in total. The minimum atomic E-state index is 0.207. The van der Waals surface area contributed by atoms with Gasteiger partial charge in [-0.25, -0.2) is 0 Å². The molecule has 1 unspecified atom stereocenters. The molecule has 1 aromatic rings. The summed E-state index contributed by atoms with van der Waals surface area (Å²) in [6.45, 7) is 4.34. The first-order valence-corrected chi connectivity index (χ1v) is 6.20. The number of hydrogen-bond acceptors (Lipinski definition) is 1. The maximum absolute atomic E-state index is 12.1. The van der Waals surface area contributed by atoms with Gasteiger partial charge in [0.05, 0.1) is 0 Å². The summed E-state index contributed by atoms with van der Waals surface area (Å²) in [5, 5.41) is 0. The fourth-order valence-corrected chi connectivity index (χ4v) is 2.94. The van der Waals surface area contributed by atoms with Crippen LogP contribution < -0.4 is 0 Å². The van der Waals surface area contributed by atoms with Crippen molar-refractivity contribution in [2.45, 2.75) is 26.7 Å². The summed E-state index contributed by atoms with van der Waals surface area (Å²) < 4.78 is 0.955. The molecule has 0 aliphatic heterocycles. The van der Waals surface area contributed by atoms with E-state index in [9.17, 15) is 4.79 Å². The van der Waals surface area contributed by atoms with Gasteiger partial charge in [0.25, 0.3) is 0 Å². The van der Waals surface area contributed by atoms with Crippen LogP contribution in [0.2, 0.25) is 0 Å². The van der Waals surface area contributed by atoms with E-state index in [1.54, 1.807) is 0 Å². The number of carbonyl (C=O) groups excluding carboxylic acids is 1. The lowest BCUT2D eigenvalue weighted by Crippen LogP contribution is -2.11. The summed E-state index contributed by atoms with van der Waals surface area (Å²) in [5.41, 5.74) is 2.13. The van der Waals surface area contributed by atoms with Crippen molar-refractivity contribution >= 4 is 21.7 Å². The third-order valence-electron chi connectivity index (χ3n) is 2.94. The van der Waals surface area contributed by atoms with Crippen molar-refractivity contribution < 1.29 is 4.79 Å². The molecule has 0 saturated carbocycles. The van der Waals surface area contributed by atoms with Crippen molar-refractivity contribution in [2.24, 2.45) is 11.8 Å². The summed E-state index contributed by atoms with van der Waals surface area (Å²) in [6, 6.07) is 6.03. The Kier molecular flexibility index (Phi) is 2.96. The van der Waals surface area contributed by atoms with Crippen LogP contribution in [-0.2, 0) is 6.42 Å². The van der Waals surface area contributed by atoms with Gasteiger partial charge in [0.1, 0.15) is 0 Å². The van der Waals surface area contributed by atoms with Gasteiger partial charge in [0, 0.05) is 16.0 Å². The first kappa shape index (κ1) is 10.9. The van der Waals surface area contributed by atoms with Crippen LogP contribution in [0.3, 0.4) is 0 Å². The highest BCUT2D eigenvalue weighted by Crippen LogP contribution is 2.34. The van der Waals surface area contributed by atoms with Crippen molar-refractivity contribution in [3.8, 4) is 0 Å². The Labute approximate surface area is 99.0 Å². The molecule has 2 heteroatoms. The van der Waals surface area contributed by atoms with E-state index < -0.39 is 0 Å². The van der Waals surface area contributed by atoms with Gasteiger partial charge < -0.3 is 0 Å². The van der Waals surface area contributed by atoms with E-state index >= 15 is 0 Å². The SMILES string of the molecule is CC(C)CC1Cc2cccc(Br)c2C1=O. The molecule has 15 heavy (non-hydrogen) atoms. The third kappa shape index (κ3) is 2.00. The monoisotopic (exact) mass is 266 g/mol. The Morgan fingerprint density at radius 2 is 2.20 bits per heavy atom. The Balaban J connectivity index is 2.30. The lowest BCUT2D eigenvalue weighted by atomic mass is 9.94. The van der Waals surface area contributed by atoms with Crippen molar-refractivity contribution in [1.29, 1.82) is 0 Å². The molecule has 1 aliphatic rings. The van der Waals surface area contributed by atoms with Crippen LogP contribution in [0, 0.1) is 11.8 Å². The van der Waals surface area contributed by atoms with Crippen molar-refractivity contribution in [2.75, 3.05) is 0 Å². The molecular weight excluding hydrogens is 252 g/mol. The van der Waals surface area contributed by atoms with Crippen molar-refractivity contribution in [3.63, 3.8) is 0 Å². The van der Waals surface area contributed by atoms with Gasteiger partial charge in [-0.15, -0.1) is 0 Å². The molecule has 1 atom stereocenters. The van der Waals surface area contributed by atoms with Crippen LogP contribution >= 0.6 is 15.9 Å². The molecule has 0 radical (unpaired) electrons. The van der Waals surface area contributed by atoms with Crippen LogP contribution in [0.1, 0.15) is 36.2 Å². The number of Topliss-reactive ketones (excluding diaryl/α,β-unsaturated/α-hetero) is 1. The molecule has 0 amide bonds. The number of ketones is 1. The van der Waals surface area contributed by atoms with Crippen LogP contribution in [0.5, 0.6) is 0 Å². The lowest BCUT2D eigenvalue weighted by Gasteiger charge is -2.10. The molecule has 80 valence electrons. The van der Waals surface area contributed by atoms with Gasteiger partial charge in [0.2, 0.25) is 0 Å². The number of rotatable bonds is 2. The van der Waals surface area contributed by atoms with Gasteiger partial charge in [-0.3, -0.25) is 4.79 Å². The van der Waals surface area contributed by atoms with E-state index in [2.05, 4.69) is 35.8 Å². The Morgan fingerprint density at radius 3 is 2.80 bits per heavy atom. The third-order valence-corrected chi connectivity index (χ3v) is 3.60. The maximum atomic E-state index is 12.1. The largest absolute Gasteiger partial charge is 0.294 e. The zero-order chi connectivity index (χ0) is 11.0. The summed E-state index contributed by atoms with van der Waals surface area (Å²) in [4.78, 5) is 12.1. The van der Waals surface area contributed by atoms with Crippen LogP contribution in [0.4, 0.5) is 0 Å². The smallest absolute Gasteiger partial charge is 0.167 e. The predicted octanol–water partition coefficient (Wildman–Crippen LogP) is 3.85. The standard InChI is InChI=1S/C13H15BrO/c1-8(2)6-10-7-9-4-3-5-11(14)12(9)13(10)15/h3-5,8,10H,6-7H2,1-2H3. The molecule has 0 spiro atoms. The predicted molar refractivity (Wildman–Crippen MR) is 65.1 cm³/mol. The normalized spacial score (nSPS) is 19.7. The Morgan fingerprint density at radius 1 is 1.47 bits per heavy atom. The molecule has 0 bridgehead atoms. The Bertz CT molecular complexity index is 396. The molecule has 0 fully saturated rings. The highest BCUT2D eigenvalue weighted by Gasteiger charge is 2.31. The van der Waals surface area contributed by atoms with Crippen molar-refractivity contribution in [3.05, 3.63) is 33.8 Å². The molecule has 1 aliphatic carbocycles. The minimum Gasteiger partial charge on any atom is -0.294 e. The fraction of sp³-hybridized carbons (Fsp3) is 0.462. The van der Waals surface area contributed by atoms with Gasteiger partial charge in [-0.05, 0) is 30.4 Å². The van der Waals surface area contributed by atoms with Gasteiger partial charge in [-0.1, -0.05) is 41.9 Å². The summed E-state index contributed by atoms with van der Waals surface area (Å²) in [6.07, 6.45) is 1.92. The molecule has 1 aromatic carbocycles. The number of carbonyl (C=O) groups is 1. The maximum Gasteiger partial charge on any atom is 0.167 e. The molecule has 0 aromatic heterocycles. The first-order valence-electron chi connectivity index (χ1n) is 5.41. The average molecular weight is 267 g/mol. The summed E-state index contributed by atoms with van der Waals surface area (Å²) in [5.74, 6) is 1.12. The van der Waals surface area contributed by atoms with Gasteiger partial charge in [-0.2, -0.15) is 0 Å². The van der Waals surface area contributed by atoms with Gasteiger partial charge in [0.15, 0.2) is 5.78 Å². The molecular formula is C13H15BrO. The van der Waals surface area contributed by atoms with E-state index in [-0.39, 0.29) is 5.92 Å². The molecule has 0 heterocycles. The van der Waals surface area contributed by atoms with E-state index in [0.29, 0.717) is 11.7 Å². The van der Waals surface area contributed by atoms with Gasteiger partial charge >= 0.3 is 0 Å². The molecule has 0 saturated heterocycles. The topological polar surface area (TPSA) is 17.1 Å². The van der Waals surface area contributed by atoms with E-state index in [0.717, 1.165) is 22.9 Å². The number of halogens is 1. The van der Waals surface area contributed by atoms with Crippen LogP contribution in [-0.4, -0.2) is 5.78 Å². The van der Waals surface area contributed by atoms with Crippen LogP contribution in [0.25, 0.3) is 0 Å². The molecule has 2 rings (SSSR count). The summed E-state index contributed by atoms with van der Waals surface area (Å²) in [7, 11) is 0. The summed E-state index contributed by atoms with van der Waals surface area (Å²) >= 11 is 3.46. The molecule has 0 N–H and O–H groups in total. The zero-order valence-electron chi connectivity index (χ0n) is 9.09. The van der Waals surface area contributed by atoms with Crippen molar-refractivity contribution in [1.82, 2.24) is 0 Å². The Hall–Kier alpha value is -0.630.